The van der Waals surface area contributed by atoms with Crippen LogP contribution in [0.25, 0.3) is 0 Å². The number of hydrogen-bond donors (Lipinski definition) is 1. The van der Waals surface area contributed by atoms with E-state index in [2.05, 4.69) is 21.6 Å². The molecule has 1 fully saturated rings. The molecule has 1 aliphatic heterocycles. The van der Waals surface area contributed by atoms with Crippen LogP contribution in [0.1, 0.15) is 38.8 Å². The molecule has 0 saturated carbocycles. The lowest BCUT2D eigenvalue weighted by molar-refractivity contribution is -0.117. The number of carbonyl (C=O) groups is 2. The van der Waals surface area contributed by atoms with Crippen molar-refractivity contribution in [3.63, 3.8) is 0 Å². The van der Waals surface area contributed by atoms with E-state index < -0.39 is 0 Å². The van der Waals surface area contributed by atoms with Gasteiger partial charge in [0.15, 0.2) is 11.5 Å². The summed E-state index contributed by atoms with van der Waals surface area (Å²) in [6.07, 6.45) is 0.366. The minimum absolute atomic E-state index is 0.0612. The Morgan fingerprint density at radius 3 is 2.47 bits per heavy atom. The Kier molecular flexibility index (Phi) is 6.09. The number of aryl methyl sites for hydroxylation is 2. The molecule has 8 nitrogen and oxygen atoms in total. The third-order valence-electron chi connectivity index (χ3n) is 5.30. The van der Waals surface area contributed by atoms with Gasteiger partial charge in [-0.2, -0.15) is 0 Å². The fourth-order valence-corrected chi connectivity index (χ4v) is 4.66. The molecule has 2 aromatic carbocycles. The Morgan fingerprint density at radius 1 is 1.06 bits per heavy atom. The second-order valence-corrected chi connectivity index (χ2v) is 8.73. The molecule has 1 N–H and O–H groups in total. The third-order valence-corrected chi connectivity index (χ3v) is 6.30. The molecule has 1 saturated heterocycles. The first-order valence-electron chi connectivity index (χ1n) is 10.1. The van der Waals surface area contributed by atoms with Gasteiger partial charge in [0.2, 0.25) is 11.0 Å². The molecule has 4 rings (SSSR count). The summed E-state index contributed by atoms with van der Waals surface area (Å²) < 4.78 is 10.5. The highest BCUT2D eigenvalue weighted by Crippen LogP contribution is 2.35. The van der Waals surface area contributed by atoms with Crippen molar-refractivity contribution < 1.29 is 19.1 Å². The van der Waals surface area contributed by atoms with Gasteiger partial charge in [0.05, 0.1) is 14.2 Å². The lowest BCUT2D eigenvalue weighted by Crippen LogP contribution is -2.24. The van der Waals surface area contributed by atoms with E-state index in [1.54, 1.807) is 23.1 Å². The van der Waals surface area contributed by atoms with Crippen molar-refractivity contribution in [3.8, 4) is 11.5 Å². The van der Waals surface area contributed by atoms with Crippen LogP contribution in [0.15, 0.2) is 36.4 Å². The van der Waals surface area contributed by atoms with Crippen molar-refractivity contribution >= 4 is 34.0 Å². The monoisotopic (exact) mass is 452 g/mol. The highest BCUT2D eigenvalue weighted by atomic mass is 32.1. The summed E-state index contributed by atoms with van der Waals surface area (Å²) in [7, 11) is 3.05. The number of anilines is 2. The molecule has 9 heteroatoms. The number of ether oxygens (including phenoxy) is 2. The van der Waals surface area contributed by atoms with Gasteiger partial charge in [-0.1, -0.05) is 17.4 Å². The number of benzene rings is 2. The predicted molar refractivity (Wildman–Crippen MR) is 123 cm³/mol. The number of carbonyl (C=O) groups excluding carboxylic acids is 2. The quantitative estimate of drug-likeness (QED) is 0.609. The van der Waals surface area contributed by atoms with Crippen LogP contribution in [0.2, 0.25) is 0 Å². The Hall–Kier alpha value is -3.46. The summed E-state index contributed by atoms with van der Waals surface area (Å²) in [4.78, 5) is 27.1. The normalized spacial score (nSPS) is 15.7. The molecule has 32 heavy (non-hydrogen) atoms. The van der Waals surface area contributed by atoms with E-state index in [4.69, 9.17) is 9.47 Å². The van der Waals surface area contributed by atoms with Crippen molar-refractivity contribution in [2.45, 2.75) is 26.2 Å². The number of hydrogen-bond acceptors (Lipinski definition) is 7. The standard InChI is InChI=1S/C23H24N4O4S/c1-13-7-14(2)9-17(8-13)27-12-16(11-20(27)28)22-25-26-23(32-22)24-21(29)15-5-6-18(30-3)19(10-15)31-4/h5-10,16H,11-12H2,1-4H3,(H,24,26,29)/t16-/m1/s1. The second-order valence-electron chi connectivity index (χ2n) is 7.72. The average Bonchev–Trinajstić information content (AvgIpc) is 3.39. The molecule has 1 aliphatic rings. The zero-order valence-corrected chi connectivity index (χ0v) is 19.2. The number of nitrogens with one attached hydrogen (secondary N) is 1. The SMILES string of the molecule is COc1ccc(C(=O)Nc2nnc([C@@H]3CC(=O)N(c4cc(C)cc(C)c4)C3)s2)cc1OC. The van der Waals surface area contributed by atoms with Gasteiger partial charge in [-0.05, 0) is 55.3 Å². The fourth-order valence-electron chi connectivity index (χ4n) is 3.83. The van der Waals surface area contributed by atoms with Crippen LogP contribution < -0.4 is 19.7 Å². The van der Waals surface area contributed by atoms with Crippen LogP contribution in [0.5, 0.6) is 11.5 Å². The molecule has 0 aliphatic carbocycles. The third kappa shape index (κ3) is 4.43. The Morgan fingerprint density at radius 2 is 1.78 bits per heavy atom. The van der Waals surface area contributed by atoms with Gasteiger partial charge in [0.25, 0.3) is 5.91 Å². The van der Waals surface area contributed by atoms with Gasteiger partial charge in [-0.3, -0.25) is 14.9 Å². The minimum Gasteiger partial charge on any atom is -0.493 e. The zero-order valence-electron chi connectivity index (χ0n) is 18.3. The summed E-state index contributed by atoms with van der Waals surface area (Å²) in [6.45, 7) is 4.58. The maximum absolute atomic E-state index is 12.7. The first-order chi connectivity index (χ1) is 15.4. The molecule has 0 spiro atoms. The molecule has 2 heterocycles. The van der Waals surface area contributed by atoms with Gasteiger partial charge in [0.1, 0.15) is 5.01 Å². The number of nitrogens with zero attached hydrogens (tertiary/aromatic N) is 3. The second kappa shape index (κ2) is 8.96. The molecule has 0 bridgehead atoms. The first kappa shape index (κ1) is 21.8. The lowest BCUT2D eigenvalue weighted by Gasteiger charge is -2.17. The fraction of sp³-hybridized carbons (Fsp3) is 0.304. The van der Waals surface area contributed by atoms with Gasteiger partial charge in [-0.15, -0.1) is 10.2 Å². The van der Waals surface area contributed by atoms with Crippen molar-refractivity contribution in [2.75, 3.05) is 31.0 Å². The van der Waals surface area contributed by atoms with Crippen LogP contribution >= 0.6 is 11.3 Å². The highest BCUT2D eigenvalue weighted by molar-refractivity contribution is 7.15. The van der Waals surface area contributed by atoms with Crippen LogP contribution in [0.4, 0.5) is 10.8 Å². The summed E-state index contributed by atoms with van der Waals surface area (Å²) in [6, 6.07) is 11.0. The van der Waals surface area contributed by atoms with Crippen LogP contribution in [0, 0.1) is 13.8 Å². The molecule has 2 amide bonds. The van der Waals surface area contributed by atoms with Gasteiger partial charge in [0, 0.05) is 30.1 Å². The van der Waals surface area contributed by atoms with E-state index in [0.29, 0.717) is 35.2 Å². The Labute approximate surface area is 190 Å². The summed E-state index contributed by atoms with van der Waals surface area (Å²) in [5.41, 5.74) is 3.55. The van der Waals surface area contributed by atoms with Crippen LogP contribution in [0.3, 0.4) is 0 Å². The van der Waals surface area contributed by atoms with E-state index in [1.165, 1.54) is 25.6 Å². The molecule has 1 atom stereocenters. The van der Waals surface area contributed by atoms with Crippen molar-refractivity contribution in [1.82, 2.24) is 10.2 Å². The number of aromatic nitrogens is 2. The van der Waals surface area contributed by atoms with Gasteiger partial charge < -0.3 is 14.4 Å². The Balaban J connectivity index is 1.46. The molecular formula is C23H24N4O4S. The van der Waals surface area contributed by atoms with Crippen molar-refractivity contribution in [3.05, 3.63) is 58.1 Å². The molecule has 1 aromatic heterocycles. The molecule has 166 valence electrons. The number of methoxy groups -OCH3 is 2. The highest BCUT2D eigenvalue weighted by Gasteiger charge is 2.34. The van der Waals surface area contributed by atoms with Gasteiger partial charge >= 0.3 is 0 Å². The minimum atomic E-state index is -0.326. The van der Waals surface area contributed by atoms with Crippen molar-refractivity contribution in [2.24, 2.45) is 0 Å². The molecular weight excluding hydrogens is 428 g/mol. The average molecular weight is 453 g/mol. The van der Waals surface area contributed by atoms with E-state index >= 15 is 0 Å². The molecule has 0 radical (unpaired) electrons. The van der Waals surface area contributed by atoms with E-state index in [-0.39, 0.29) is 17.7 Å². The van der Waals surface area contributed by atoms with E-state index in [0.717, 1.165) is 21.8 Å². The zero-order chi connectivity index (χ0) is 22.8. The predicted octanol–water partition coefficient (Wildman–Crippen LogP) is 3.94. The Bertz CT molecular complexity index is 1160. The maximum Gasteiger partial charge on any atom is 0.257 e. The summed E-state index contributed by atoms with van der Waals surface area (Å²) >= 11 is 1.29. The molecule has 0 unspecified atom stereocenters. The number of rotatable bonds is 6. The van der Waals surface area contributed by atoms with Gasteiger partial charge in [-0.25, -0.2) is 0 Å². The number of amides is 2. The van der Waals surface area contributed by atoms with Crippen LogP contribution in [-0.4, -0.2) is 42.8 Å². The summed E-state index contributed by atoms with van der Waals surface area (Å²) in [5, 5.41) is 12.2. The largest absolute Gasteiger partial charge is 0.493 e. The summed E-state index contributed by atoms with van der Waals surface area (Å²) in [5.74, 6) is 0.683. The smallest absolute Gasteiger partial charge is 0.257 e. The van der Waals surface area contributed by atoms with E-state index in [1.807, 2.05) is 26.0 Å². The maximum atomic E-state index is 12.7. The van der Waals surface area contributed by atoms with Crippen molar-refractivity contribution in [1.29, 1.82) is 0 Å². The van der Waals surface area contributed by atoms with E-state index in [9.17, 15) is 9.59 Å². The molecule has 3 aromatic rings. The first-order valence-corrected chi connectivity index (χ1v) is 10.9. The lowest BCUT2D eigenvalue weighted by atomic mass is 10.1. The topological polar surface area (TPSA) is 93.7 Å². The van der Waals surface area contributed by atoms with Crippen LogP contribution in [-0.2, 0) is 4.79 Å².